The fourth-order valence-electron chi connectivity index (χ4n) is 3.45. The average molecular weight is 573 g/mol. The molecule has 4 atom stereocenters. The number of nitrogens with two attached hydrogens (primary N) is 4. The number of aliphatic carboxylic acids is 2. The van der Waals surface area contributed by atoms with E-state index in [0.29, 0.717) is 25.7 Å². The van der Waals surface area contributed by atoms with Gasteiger partial charge >= 0.3 is 21.1 Å². The summed E-state index contributed by atoms with van der Waals surface area (Å²) in [5.41, 5.74) is 18.8. The average Bonchev–Trinajstić information content (AvgIpc) is 2.50. The molecule has 2 rings (SSSR count). The number of carbonyl (C=O) groups excluding carboxylic acids is 2. The largest absolute Gasteiger partial charge is 2.00 e. The van der Waals surface area contributed by atoms with Gasteiger partial charge in [0.05, 0.1) is 0 Å². The third-order valence-corrected chi connectivity index (χ3v) is 5.81. The Morgan fingerprint density at radius 2 is 1.07 bits per heavy atom. The molecule has 0 radical (unpaired) electrons. The first-order chi connectivity index (χ1) is 12.1. The van der Waals surface area contributed by atoms with Crippen LogP contribution in [0.3, 0.4) is 0 Å². The zero-order chi connectivity index (χ0) is 20.1. The van der Waals surface area contributed by atoms with Crippen molar-refractivity contribution in [2.75, 3.05) is 13.1 Å². The van der Waals surface area contributed by atoms with Gasteiger partial charge < -0.3 is 42.7 Å². The molecule has 0 aromatic rings. The van der Waals surface area contributed by atoms with Crippen LogP contribution < -0.4 is 33.1 Å². The van der Waals surface area contributed by atoms with E-state index in [-0.39, 0.29) is 34.2 Å². The Bertz CT molecular complexity index is 463. The van der Waals surface area contributed by atoms with Crippen molar-refractivity contribution in [3.8, 4) is 0 Å². The van der Waals surface area contributed by atoms with E-state index < -0.39 is 47.2 Å². The molecule has 2 fully saturated rings. The number of hydrogen-bond donors (Lipinski definition) is 4. The topological polar surface area (TPSA) is 184 Å². The summed E-state index contributed by atoms with van der Waals surface area (Å²) in [6.07, 6.45) is 0.205. The molecule has 2 saturated carbocycles. The molecule has 0 aromatic carbocycles. The van der Waals surface area contributed by atoms with E-state index >= 15 is 0 Å². The molecule has 8 N–H and O–H groups in total. The summed E-state index contributed by atoms with van der Waals surface area (Å²) in [6.45, 7) is -0.480. The Labute approximate surface area is 171 Å². The summed E-state index contributed by atoms with van der Waals surface area (Å²) in [5.74, 6) is -2.50. The molecule has 8 nitrogen and oxygen atoms in total. The van der Waals surface area contributed by atoms with Crippen LogP contribution in [0.1, 0.15) is 38.5 Å². The summed E-state index contributed by atoms with van der Waals surface area (Å²) in [4.78, 5) is 21.5. The summed E-state index contributed by atoms with van der Waals surface area (Å²) >= 11 is 0. The number of rotatable bonds is 8. The van der Waals surface area contributed by atoms with Crippen molar-refractivity contribution in [2.45, 2.75) is 63.0 Å². The Hall–Kier alpha value is -0.672. The van der Waals surface area contributed by atoms with Gasteiger partial charge in [-0.25, -0.2) is 8.78 Å². The molecule has 0 amide bonds. The molecule has 0 bridgehead atoms. The molecule has 11 heteroatoms. The maximum Gasteiger partial charge on any atom is 2.00 e. The van der Waals surface area contributed by atoms with Gasteiger partial charge in [-0.2, -0.15) is 0 Å². The zero-order valence-corrected chi connectivity index (χ0v) is 17.3. The molecule has 2 aliphatic carbocycles. The van der Waals surface area contributed by atoms with Crippen LogP contribution in [0.5, 0.6) is 0 Å². The van der Waals surface area contributed by atoms with Crippen LogP contribution in [-0.2, 0) is 30.7 Å². The molecular formula is C16H28F2N4O4Pt. The fourth-order valence-corrected chi connectivity index (χ4v) is 3.45. The van der Waals surface area contributed by atoms with E-state index in [9.17, 15) is 28.6 Å². The van der Waals surface area contributed by atoms with Gasteiger partial charge in [0.2, 0.25) is 0 Å². The number of hydrogen-bond acceptors (Lipinski definition) is 8. The molecule has 27 heavy (non-hydrogen) atoms. The zero-order valence-electron chi connectivity index (χ0n) is 15.0. The van der Waals surface area contributed by atoms with Gasteiger partial charge in [0, 0.05) is 47.9 Å². The minimum absolute atomic E-state index is 0. The minimum Gasteiger partial charge on any atom is -0.549 e. The van der Waals surface area contributed by atoms with E-state index in [1.54, 1.807) is 0 Å². The van der Waals surface area contributed by atoms with Crippen LogP contribution in [-0.4, -0.2) is 49.5 Å². The maximum atomic E-state index is 13.1. The van der Waals surface area contributed by atoms with Gasteiger partial charge in [0.1, 0.15) is 12.3 Å². The third-order valence-electron chi connectivity index (χ3n) is 5.81. The number of carboxylic acids is 2. The number of alkyl halides is 2. The van der Waals surface area contributed by atoms with Gasteiger partial charge in [-0.15, -0.1) is 0 Å². The van der Waals surface area contributed by atoms with Crippen LogP contribution in [0.4, 0.5) is 8.78 Å². The monoisotopic (exact) mass is 573 g/mol. The summed E-state index contributed by atoms with van der Waals surface area (Å²) in [7, 11) is 0. The van der Waals surface area contributed by atoms with Gasteiger partial charge in [0.15, 0.2) is 0 Å². The first-order valence-corrected chi connectivity index (χ1v) is 8.71. The molecule has 0 aromatic heterocycles. The second-order valence-electron chi connectivity index (χ2n) is 7.15. The Kier molecular flexibility index (Phi) is 10.5. The number of carboxylic acid groups (broad SMARTS) is 2. The number of carbonyl (C=O) groups is 2. The second-order valence-corrected chi connectivity index (χ2v) is 7.15. The fraction of sp³-hybridized carbons (Fsp3) is 0.875. The quantitative estimate of drug-likeness (QED) is 0.238. The molecule has 0 saturated heterocycles. The maximum absolute atomic E-state index is 13.1. The van der Waals surface area contributed by atoms with Gasteiger partial charge in [-0.3, -0.25) is 0 Å². The first kappa shape index (κ1) is 26.3. The van der Waals surface area contributed by atoms with Gasteiger partial charge in [-0.1, -0.05) is 12.8 Å². The Morgan fingerprint density at radius 1 is 0.815 bits per heavy atom. The molecular weight excluding hydrogens is 545 g/mol. The van der Waals surface area contributed by atoms with E-state index in [0.717, 1.165) is 12.8 Å². The van der Waals surface area contributed by atoms with E-state index in [1.807, 2.05) is 0 Å². The molecule has 0 heterocycles. The van der Waals surface area contributed by atoms with Crippen molar-refractivity contribution in [2.24, 2.45) is 33.8 Å². The van der Waals surface area contributed by atoms with Crippen molar-refractivity contribution >= 4 is 11.9 Å². The van der Waals surface area contributed by atoms with Gasteiger partial charge in [0.25, 0.3) is 0 Å². The SMILES string of the molecule is NCC(F)C(N)C1(C(=O)[O-])CCC1.NCC(F)C(N)C1(C(=O)[O-])CCC1.[Pt+2]. The van der Waals surface area contributed by atoms with Crippen molar-refractivity contribution in [1.82, 2.24) is 0 Å². The van der Waals surface area contributed by atoms with E-state index in [4.69, 9.17) is 22.9 Å². The standard InChI is InChI=1S/2C8H15FN2O2.Pt/c2*9-5(4-10)6(11)8(7(12)13)2-1-3-8;/h2*5-6H,1-4,10-11H2,(H,12,13);/q;;+2/p-2. The normalized spacial score (nSPS) is 23.6. The summed E-state index contributed by atoms with van der Waals surface area (Å²) in [5, 5.41) is 21.5. The second kappa shape index (κ2) is 10.8. The van der Waals surface area contributed by atoms with Crippen molar-refractivity contribution in [3.05, 3.63) is 0 Å². The smallest absolute Gasteiger partial charge is 0.549 e. The first-order valence-electron chi connectivity index (χ1n) is 8.71. The molecule has 160 valence electrons. The molecule has 2 aliphatic rings. The third kappa shape index (κ3) is 5.23. The van der Waals surface area contributed by atoms with Crippen LogP contribution in [0.15, 0.2) is 0 Å². The molecule has 0 aliphatic heterocycles. The predicted molar refractivity (Wildman–Crippen MR) is 86.4 cm³/mol. The van der Waals surface area contributed by atoms with Crippen molar-refractivity contribution < 1.29 is 49.6 Å². The van der Waals surface area contributed by atoms with Crippen LogP contribution in [0.2, 0.25) is 0 Å². The van der Waals surface area contributed by atoms with Crippen LogP contribution >= 0.6 is 0 Å². The summed E-state index contributed by atoms with van der Waals surface area (Å²) < 4.78 is 26.1. The number of halogens is 2. The Morgan fingerprint density at radius 3 is 1.19 bits per heavy atom. The predicted octanol–water partition coefficient (Wildman–Crippen LogP) is -2.94. The minimum atomic E-state index is -1.46. The van der Waals surface area contributed by atoms with Crippen molar-refractivity contribution in [1.29, 1.82) is 0 Å². The molecule has 0 spiro atoms. The van der Waals surface area contributed by atoms with Crippen LogP contribution in [0, 0.1) is 10.8 Å². The molecule has 4 unspecified atom stereocenters. The van der Waals surface area contributed by atoms with Crippen molar-refractivity contribution in [3.63, 3.8) is 0 Å². The van der Waals surface area contributed by atoms with E-state index in [2.05, 4.69) is 0 Å². The Balaban J connectivity index is 0.000000483. The van der Waals surface area contributed by atoms with E-state index in [1.165, 1.54) is 0 Å². The van der Waals surface area contributed by atoms with Gasteiger partial charge in [-0.05, 0) is 25.7 Å². The van der Waals surface area contributed by atoms with Crippen LogP contribution in [0.25, 0.3) is 0 Å². The summed E-state index contributed by atoms with van der Waals surface area (Å²) in [6, 6.07) is -2.06.